The third-order valence-corrected chi connectivity index (χ3v) is 1.90. The fourth-order valence-electron chi connectivity index (χ4n) is 0.730. The first-order chi connectivity index (χ1) is 5.57. The number of hydrogen-bond donors (Lipinski definition) is 2. The average Bonchev–Trinajstić information content (AvgIpc) is 2.02. The Bertz CT molecular complexity index is 312. The number of carbonyl (C=O) groups excluding carboxylic acids is 1. The van der Waals surface area contributed by atoms with E-state index in [1.807, 2.05) is 0 Å². The van der Waals surface area contributed by atoms with Crippen LogP contribution in [-0.2, 0) is 0 Å². The highest BCUT2D eigenvalue weighted by Gasteiger charge is 2.15. The van der Waals surface area contributed by atoms with Crippen molar-refractivity contribution in [2.24, 2.45) is 0 Å². The Labute approximate surface area is 75.6 Å². The van der Waals surface area contributed by atoms with Gasteiger partial charge < -0.3 is 10.2 Å². The zero-order valence-electron chi connectivity index (χ0n) is 5.71. The topological polar surface area (TPSA) is 57.5 Å². The van der Waals surface area contributed by atoms with E-state index in [0.29, 0.717) is 0 Å². The quantitative estimate of drug-likeness (QED) is 0.576. The summed E-state index contributed by atoms with van der Waals surface area (Å²) in [6, 6.07) is 0.970. The molecule has 0 heterocycles. The lowest BCUT2D eigenvalue weighted by molar-refractivity contribution is 0.111. The van der Waals surface area contributed by atoms with Gasteiger partial charge in [0.2, 0.25) is 0 Å². The highest BCUT2D eigenvalue weighted by atomic mass is 79.9. The SMILES string of the molecule is O=Cc1c(O)c(O)cc(Br)c1F. The summed E-state index contributed by atoms with van der Waals surface area (Å²) in [7, 11) is 0. The largest absolute Gasteiger partial charge is 0.504 e. The van der Waals surface area contributed by atoms with Crippen LogP contribution in [0.2, 0.25) is 0 Å². The first-order valence-corrected chi connectivity index (χ1v) is 3.72. The monoisotopic (exact) mass is 234 g/mol. The molecule has 0 aliphatic rings. The molecule has 1 rings (SSSR count). The van der Waals surface area contributed by atoms with Gasteiger partial charge in [0.05, 0.1) is 10.0 Å². The molecular weight excluding hydrogens is 231 g/mol. The fourth-order valence-corrected chi connectivity index (χ4v) is 1.16. The minimum atomic E-state index is -0.889. The van der Waals surface area contributed by atoms with Gasteiger partial charge in [-0.15, -0.1) is 0 Å². The molecule has 0 amide bonds. The van der Waals surface area contributed by atoms with Crippen LogP contribution in [0, 0.1) is 5.82 Å². The molecule has 5 heteroatoms. The Morgan fingerprint density at radius 3 is 2.58 bits per heavy atom. The van der Waals surface area contributed by atoms with E-state index in [0.717, 1.165) is 6.07 Å². The predicted molar refractivity (Wildman–Crippen MR) is 42.8 cm³/mol. The number of benzene rings is 1. The van der Waals surface area contributed by atoms with Crippen molar-refractivity contribution in [3.63, 3.8) is 0 Å². The Morgan fingerprint density at radius 1 is 1.50 bits per heavy atom. The number of phenolic OH excluding ortho intramolecular Hbond substituents is 2. The van der Waals surface area contributed by atoms with Crippen molar-refractivity contribution in [3.05, 3.63) is 21.9 Å². The minimum Gasteiger partial charge on any atom is -0.504 e. The average molecular weight is 235 g/mol. The second-order valence-corrected chi connectivity index (χ2v) is 2.93. The number of halogens is 2. The van der Waals surface area contributed by atoms with Crippen LogP contribution in [0.4, 0.5) is 4.39 Å². The van der Waals surface area contributed by atoms with Gasteiger partial charge in [0.15, 0.2) is 23.6 Å². The highest BCUT2D eigenvalue weighted by Crippen LogP contribution is 2.34. The molecule has 0 saturated carbocycles. The molecule has 12 heavy (non-hydrogen) atoms. The standard InChI is InChI=1S/C7H4BrFO3/c8-4-1-5(11)7(12)3(2-10)6(4)9/h1-2,11-12H. The number of carbonyl (C=O) groups is 1. The lowest BCUT2D eigenvalue weighted by atomic mass is 10.2. The Morgan fingerprint density at radius 2 is 2.08 bits per heavy atom. The summed E-state index contributed by atoms with van der Waals surface area (Å²) >= 11 is 2.77. The lowest BCUT2D eigenvalue weighted by Gasteiger charge is -2.02. The van der Waals surface area contributed by atoms with Gasteiger partial charge in [-0.3, -0.25) is 4.79 Å². The zero-order valence-corrected chi connectivity index (χ0v) is 7.30. The second kappa shape index (κ2) is 3.10. The molecule has 0 atom stereocenters. The number of aromatic hydroxyl groups is 2. The molecule has 1 aromatic rings. The maximum absolute atomic E-state index is 12.9. The Kier molecular flexibility index (Phi) is 2.32. The summed E-state index contributed by atoms with van der Waals surface area (Å²) in [6.45, 7) is 0. The number of rotatable bonds is 1. The van der Waals surface area contributed by atoms with E-state index in [4.69, 9.17) is 10.2 Å². The molecule has 0 unspecified atom stereocenters. The van der Waals surface area contributed by atoms with E-state index in [1.54, 1.807) is 0 Å². The van der Waals surface area contributed by atoms with Crippen LogP contribution < -0.4 is 0 Å². The van der Waals surface area contributed by atoms with Crippen LogP contribution in [0.1, 0.15) is 10.4 Å². The minimum absolute atomic E-state index is 0.0695. The third kappa shape index (κ3) is 1.27. The van der Waals surface area contributed by atoms with Crippen LogP contribution in [0.5, 0.6) is 11.5 Å². The van der Waals surface area contributed by atoms with Crippen molar-refractivity contribution in [2.45, 2.75) is 0 Å². The van der Waals surface area contributed by atoms with E-state index in [-0.39, 0.29) is 10.8 Å². The van der Waals surface area contributed by atoms with Gasteiger partial charge in [-0.25, -0.2) is 4.39 Å². The van der Waals surface area contributed by atoms with Crippen LogP contribution in [-0.4, -0.2) is 16.5 Å². The van der Waals surface area contributed by atoms with Crippen molar-refractivity contribution >= 4 is 22.2 Å². The molecule has 0 spiro atoms. The summed E-state index contributed by atoms with van der Waals surface area (Å²) in [5.74, 6) is -2.17. The zero-order chi connectivity index (χ0) is 9.30. The van der Waals surface area contributed by atoms with E-state index in [1.165, 1.54) is 0 Å². The van der Waals surface area contributed by atoms with Crippen molar-refractivity contribution in [1.29, 1.82) is 0 Å². The van der Waals surface area contributed by atoms with E-state index >= 15 is 0 Å². The molecule has 0 radical (unpaired) electrons. The normalized spacial score (nSPS) is 9.83. The highest BCUT2D eigenvalue weighted by molar-refractivity contribution is 9.10. The molecule has 1 aromatic carbocycles. The molecule has 0 bridgehead atoms. The smallest absolute Gasteiger partial charge is 0.171 e. The fraction of sp³-hybridized carbons (Fsp3) is 0. The summed E-state index contributed by atoms with van der Waals surface area (Å²) in [5.41, 5.74) is -0.554. The maximum Gasteiger partial charge on any atom is 0.171 e. The lowest BCUT2D eigenvalue weighted by Crippen LogP contribution is -1.90. The van der Waals surface area contributed by atoms with Gasteiger partial charge in [-0.2, -0.15) is 0 Å². The summed E-state index contributed by atoms with van der Waals surface area (Å²) in [4.78, 5) is 10.2. The number of aldehydes is 1. The molecule has 0 saturated heterocycles. The van der Waals surface area contributed by atoms with Gasteiger partial charge in [0, 0.05) is 6.07 Å². The number of phenols is 2. The van der Waals surface area contributed by atoms with Crippen molar-refractivity contribution in [1.82, 2.24) is 0 Å². The second-order valence-electron chi connectivity index (χ2n) is 2.07. The molecule has 0 aliphatic heterocycles. The summed E-state index contributed by atoms with van der Waals surface area (Å²) in [5, 5.41) is 17.9. The van der Waals surface area contributed by atoms with E-state index in [9.17, 15) is 9.18 Å². The van der Waals surface area contributed by atoms with Crippen molar-refractivity contribution in [3.8, 4) is 11.5 Å². The molecule has 2 N–H and O–H groups in total. The molecule has 0 aromatic heterocycles. The van der Waals surface area contributed by atoms with Crippen LogP contribution >= 0.6 is 15.9 Å². The summed E-state index contributed by atoms with van der Waals surface area (Å²) < 4.78 is 12.8. The van der Waals surface area contributed by atoms with Gasteiger partial charge in [0.1, 0.15) is 0 Å². The molecular formula is C7H4BrFO3. The van der Waals surface area contributed by atoms with Crippen LogP contribution in [0.3, 0.4) is 0 Å². The van der Waals surface area contributed by atoms with Gasteiger partial charge in [0.25, 0.3) is 0 Å². The van der Waals surface area contributed by atoms with Gasteiger partial charge in [-0.1, -0.05) is 0 Å². The first-order valence-electron chi connectivity index (χ1n) is 2.93. The van der Waals surface area contributed by atoms with E-state index < -0.39 is 22.9 Å². The number of hydrogen-bond acceptors (Lipinski definition) is 3. The van der Waals surface area contributed by atoms with Crippen molar-refractivity contribution < 1.29 is 19.4 Å². The van der Waals surface area contributed by atoms with Crippen molar-refractivity contribution in [2.75, 3.05) is 0 Å². The third-order valence-electron chi connectivity index (χ3n) is 1.33. The van der Waals surface area contributed by atoms with Crippen LogP contribution in [0.25, 0.3) is 0 Å². The molecule has 64 valence electrons. The Hall–Kier alpha value is -1.10. The van der Waals surface area contributed by atoms with Crippen LogP contribution in [0.15, 0.2) is 10.5 Å². The summed E-state index contributed by atoms with van der Waals surface area (Å²) in [6.07, 6.45) is 0.134. The first kappa shape index (κ1) is 8.99. The molecule has 0 aliphatic carbocycles. The predicted octanol–water partition coefficient (Wildman–Crippen LogP) is 1.81. The Balaban J connectivity index is 3.52. The molecule has 0 fully saturated rings. The van der Waals surface area contributed by atoms with Gasteiger partial charge >= 0.3 is 0 Å². The maximum atomic E-state index is 12.9. The van der Waals surface area contributed by atoms with E-state index in [2.05, 4.69) is 15.9 Å². The molecule has 3 nitrogen and oxygen atoms in total. The van der Waals surface area contributed by atoms with Gasteiger partial charge in [-0.05, 0) is 15.9 Å².